The fourth-order valence-electron chi connectivity index (χ4n) is 2.11. The van der Waals surface area contributed by atoms with Crippen LogP contribution in [0.1, 0.15) is 18.5 Å². The Bertz CT molecular complexity index is 359. The van der Waals surface area contributed by atoms with Crippen LogP contribution >= 0.6 is 0 Å². The van der Waals surface area contributed by atoms with Gasteiger partial charge in [-0.05, 0) is 25.0 Å². The first-order valence-electron chi connectivity index (χ1n) is 6.19. The number of rotatable bonds is 3. The second-order valence-electron chi connectivity index (χ2n) is 4.89. The molecule has 0 unspecified atom stereocenters. The summed E-state index contributed by atoms with van der Waals surface area (Å²) < 4.78 is 0. The smallest absolute Gasteiger partial charge is 0.128 e. The number of hydrogen-bond acceptors (Lipinski definition) is 4. The number of aromatic nitrogens is 1. The number of likely N-dealkylation sites (tertiary alicyclic amines) is 1. The number of hydrogen-bond donors (Lipinski definition) is 1. The number of aliphatic hydroxyl groups excluding tert-OH is 1. The molecular formula is C13H21N3O. The Morgan fingerprint density at radius 2 is 2.06 bits per heavy atom. The third kappa shape index (κ3) is 3.41. The van der Waals surface area contributed by atoms with Crippen molar-refractivity contribution in [2.75, 3.05) is 32.1 Å². The number of pyridine rings is 1. The summed E-state index contributed by atoms with van der Waals surface area (Å²) in [5, 5.41) is 9.46. The van der Waals surface area contributed by atoms with Gasteiger partial charge in [-0.1, -0.05) is 6.07 Å². The Labute approximate surface area is 103 Å². The molecule has 94 valence electrons. The topological polar surface area (TPSA) is 39.6 Å². The van der Waals surface area contributed by atoms with Crippen LogP contribution in [-0.2, 0) is 6.54 Å². The fourth-order valence-corrected chi connectivity index (χ4v) is 2.11. The van der Waals surface area contributed by atoms with Crippen molar-refractivity contribution >= 4 is 5.82 Å². The second kappa shape index (κ2) is 5.47. The Hall–Kier alpha value is -1.13. The largest absolute Gasteiger partial charge is 0.393 e. The highest BCUT2D eigenvalue weighted by Gasteiger charge is 2.17. The zero-order valence-corrected chi connectivity index (χ0v) is 10.6. The van der Waals surface area contributed by atoms with Crippen molar-refractivity contribution in [1.29, 1.82) is 0 Å². The minimum Gasteiger partial charge on any atom is -0.393 e. The molecule has 2 heterocycles. The third-order valence-electron chi connectivity index (χ3n) is 3.19. The lowest BCUT2D eigenvalue weighted by Crippen LogP contribution is -2.35. The van der Waals surface area contributed by atoms with E-state index in [1.807, 2.05) is 25.1 Å². The summed E-state index contributed by atoms with van der Waals surface area (Å²) in [4.78, 5) is 8.98. The summed E-state index contributed by atoms with van der Waals surface area (Å²) in [6.07, 6.45) is 1.66. The summed E-state index contributed by atoms with van der Waals surface area (Å²) in [5.41, 5.74) is 1.10. The lowest BCUT2D eigenvalue weighted by Gasteiger charge is -2.29. The lowest BCUT2D eigenvalue weighted by molar-refractivity contribution is 0.0787. The Morgan fingerprint density at radius 1 is 1.35 bits per heavy atom. The van der Waals surface area contributed by atoms with Crippen LogP contribution in [0, 0.1) is 0 Å². The van der Waals surface area contributed by atoms with Crippen LogP contribution < -0.4 is 4.90 Å². The molecule has 4 nitrogen and oxygen atoms in total. The maximum absolute atomic E-state index is 9.46. The maximum atomic E-state index is 9.46. The van der Waals surface area contributed by atoms with Gasteiger partial charge in [0, 0.05) is 33.7 Å². The summed E-state index contributed by atoms with van der Waals surface area (Å²) >= 11 is 0. The predicted molar refractivity (Wildman–Crippen MR) is 69.1 cm³/mol. The van der Waals surface area contributed by atoms with Gasteiger partial charge in [-0.15, -0.1) is 0 Å². The minimum atomic E-state index is -0.104. The third-order valence-corrected chi connectivity index (χ3v) is 3.19. The van der Waals surface area contributed by atoms with Crippen LogP contribution in [0.4, 0.5) is 5.82 Å². The molecule has 0 amide bonds. The molecule has 1 aromatic heterocycles. The molecule has 4 heteroatoms. The van der Waals surface area contributed by atoms with E-state index >= 15 is 0 Å². The van der Waals surface area contributed by atoms with E-state index in [-0.39, 0.29) is 6.10 Å². The van der Waals surface area contributed by atoms with Crippen LogP contribution in [-0.4, -0.2) is 48.3 Å². The molecule has 1 N–H and O–H groups in total. The Kier molecular flexibility index (Phi) is 3.97. The van der Waals surface area contributed by atoms with E-state index in [0.29, 0.717) is 0 Å². The minimum absolute atomic E-state index is 0.104. The molecule has 0 aliphatic carbocycles. The van der Waals surface area contributed by atoms with Gasteiger partial charge in [0.25, 0.3) is 0 Å². The van der Waals surface area contributed by atoms with Gasteiger partial charge in [-0.3, -0.25) is 4.90 Å². The van der Waals surface area contributed by atoms with Gasteiger partial charge in [-0.25, -0.2) is 4.98 Å². The predicted octanol–water partition coefficient (Wildman–Crippen LogP) is 1.10. The van der Waals surface area contributed by atoms with Crippen molar-refractivity contribution in [2.24, 2.45) is 0 Å². The van der Waals surface area contributed by atoms with Crippen LogP contribution in [0.5, 0.6) is 0 Å². The summed E-state index contributed by atoms with van der Waals surface area (Å²) in [6.45, 7) is 2.82. The molecule has 0 aromatic carbocycles. The van der Waals surface area contributed by atoms with Crippen molar-refractivity contribution in [3.63, 3.8) is 0 Å². The van der Waals surface area contributed by atoms with Gasteiger partial charge in [0.1, 0.15) is 5.82 Å². The molecular weight excluding hydrogens is 214 g/mol. The molecule has 1 fully saturated rings. The van der Waals surface area contributed by atoms with Crippen molar-refractivity contribution in [3.8, 4) is 0 Å². The van der Waals surface area contributed by atoms with Crippen LogP contribution in [0.3, 0.4) is 0 Å². The van der Waals surface area contributed by atoms with Gasteiger partial charge in [0.2, 0.25) is 0 Å². The van der Waals surface area contributed by atoms with E-state index in [1.54, 1.807) is 0 Å². The number of anilines is 1. The maximum Gasteiger partial charge on any atom is 0.128 e. The first kappa shape index (κ1) is 12.3. The van der Waals surface area contributed by atoms with Crippen LogP contribution in [0.15, 0.2) is 18.2 Å². The number of aliphatic hydroxyl groups is 1. The normalized spacial score (nSPS) is 18.3. The van der Waals surface area contributed by atoms with Crippen molar-refractivity contribution < 1.29 is 5.11 Å². The Balaban J connectivity index is 1.96. The number of piperidine rings is 1. The summed E-state index contributed by atoms with van der Waals surface area (Å²) in [7, 11) is 4.01. The highest BCUT2D eigenvalue weighted by atomic mass is 16.3. The van der Waals surface area contributed by atoms with Gasteiger partial charge >= 0.3 is 0 Å². The van der Waals surface area contributed by atoms with Gasteiger partial charge < -0.3 is 10.0 Å². The molecule has 0 bridgehead atoms. The molecule has 0 saturated carbocycles. The zero-order valence-electron chi connectivity index (χ0n) is 10.6. The highest BCUT2D eigenvalue weighted by Crippen LogP contribution is 2.14. The van der Waals surface area contributed by atoms with Crippen LogP contribution in [0.25, 0.3) is 0 Å². The molecule has 0 atom stereocenters. The first-order valence-corrected chi connectivity index (χ1v) is 6.19. The van der Waals surface area contributed by atoms with E-state index < -0.39 is 0 Å². The molecule has 2 rings (SSSR count). The quantitative estimate of drug-likeness (QED) is 0.852. The molecule has 17 heavy (non-hydrogen) atoms. The van der Waals surface area contributed by atoms with Crippen molar-refractivity contribution in [2.45, 2.75) is 25.5 Å². The van der Waals surface area contributed by atoms with Gasteiger partial charge in [0.15, 0.2) is 0 Å². The molecule has 0 spiro atoms. The molecule has 0 radical (unpaired) electrons. The number of nitrogens with zero attached hydrogens (tertiary/aromatic N) is 3. The molecule has 1 aliphatic rings. The van der Waals surface area contributed by atoms with E-state index in [9.17, 15) is 5.11 Å². The van der Waals surface area contributed by atoms with E-state index in [2.05, 4.69) is 22.0 Å². The molecule has 1 aliphatic heterocycles. The zero-order chi connectivity index (χ0) is 12.3. The lowest BCUT2D eigenvalue weighted by atomic mass is 10.1. The van der Waals surface area contributed by atoms with E-state index in [4.69, 9.17) is 0 Å². The van der Waals surface area contributed by atoms with Gasteiger partial charge in [0.05, 0.1) is 11.8 Å². The second-order valence-corrected chi connectivity index (χ2v) is 4.89. The van der Waals surface area contributed by atoms with Gasteiger partial charge in [-0.2, -0.15) is 0 Å². The van der Waals surface area contributed by atoms with Crippen molar-refractivity contribution in [1.82, 2.24) is 9.88 Å². The summed E-state index contributed by atoms with van der Waals surface area (Å²) in [6, 6.07) is 6.14. The van der Waals surface area contributed by atoms with E-state index in [1.165, 1.54) is 0 Å². The average molecular weight is 235 g/mol. The van der Waals surface area contributed by atoms with E-state index in [0.717, 1.165) is 44.0 Å². The molecule has 1 saturated heterocycles. The van der Waals surface area contributed by atoms with Crippen molar-refractivity contribution in [3.05, 3.63) is 23.9 Å². The first-order chi connectivity index (χ1) is 8.15. The van der Waals surface area contributed by atoms with Crippen LogP contribution in [0.2, 0.25) is 0 Å². The molecule has 1 aromatic rings. The standard InChI is InChI=1S/C13H21N3O/c1-15(2)13-5-3-4-11(14-13)10-16-8-6-12(17)7-9-16/h3-5,12,17H,6-10H2,1-2H3. The highest BCUT2D eigenvalue weighted by molar-refractivity contribution is 5.36. The Morgan fingerprint density at radius 3 is 2.71 bits per heavy atom. The SMILES string of the molecule is CN(C)c1cccc(CN2CCC(O)CC2)n1. The monoisotopic (exact) mass is 235 g/mol. The fraction of sp³-hybridized carbons (Fsp3) is 0.615. The summed E-state index contributed by atoms with van der Waals surface area (Å²) in [5.74, 6) is 1.000. The average Bonchev–Trinajstić information content (AvgIpc) is 2.32.